The Morgan fingerprint density at radius 3 is 2.38 bits per heavy atom. The number of fused-ring (bicyclic) bond motifs is 1. The van der Waals surface area contributed by atoms with E-state index in [-0.39, 0.29) is 64.2 Å². The van der Waals surface area contributed by atoms with E-state index in [1.54, 1.807) is 16.6 Å². The largest absolute Gasteiger partial charge is 1.00 e. The van der Waals surface area contributed by atoms with Crippen LogP contribution in [-0.4, -0.2) is 29.3 Å². The van der Waals surface area contributed by atoms with Gasteiger partial charge in [-0.3, -0.25) is 14.3 Å². The summed E-state index contributed by atoms with van der Waals surface area (Å²) in [6, 6.07) is 21.2. The summed E-state index contributed by atoms with van der Waals surface area (Å²) in [4.78, 5) is 32.3. The third kappa shape index (κ3) is 5.30. The molecule has 0 bridgehead atoms. The van der Waals surface area contributed by atoms with Gasteiger partial charge in [-0.1, -0.05) is 67.0 Å². The average molecular weight is 563 g/mol. The molecule has 0 aliphatic rings. The first-order valence-corrected chi connectivity index (χ1v) is 12.5. The third-order valence-corrected chi connectivity index (χ3v) is 6.63. The number of nitrogens with zero attached hydrogens (tertiary/aromatic N) is 5. The van der Waals surface area contributed by atoms with Crippen molar-refractivity contribution in [1.29, 1.82) is 0 Å². The summed E-state index contributed by atoms with van der Waals surface area (Å²) >= 11 is 0. The molecule has 6 rings (SSSR count). The van der Waals surface area contributed by atoms with Crippen molar-refractivity contribution in [3.8, 4) is 28.2 Å². The van der Waals surface area contributed by atoms with Crippen molar-refractivity contribution >= 4 is 5.78 Å². The number of aromatic nitrogens is 6. The predicted molar refractivity (Wildman–Crippen MR) is 144 cm³/mol. The van der Waals surface area contributed by atoms with Crippen LogP contribution >= 0.6 is 0 Å². The molecule has 11 heteroatoms. The second-order valence-corrected chi connectivity index (χ2v) is 9.13. The molecule has 0 radical (unpaired) electrons. The molecule has 0 atom stereocenters. The fraction of sp³-hybridized carbons (Fsp3) is 0.138. The third-order valence-electron chi connectivity index (χ3n) is 6.63. The van der Waals surface area contributed by atoms with E-state index in [4.69, 9.17) is 0 Å². The zero-order valence-electron chi connectivity index (χ0n) is 23.0. The zero-order valence-corrected chi connectivity index (χ0v) is 25.1. The maximum Gasteiger partial charge on any atom is 1.00 e. The van der Waals surface area contributed by atoms with Crippen LogP contribution in [0.15, 0.2) is 93.2 Å². The fourth-order valence-electron chi connectivity index (χ4n) is 4.84. The molecular weight excluding hydrogens is 538 g/mol. The van der Waals surface area contributed by atoms with Crippen molar-refractivity contribution in [1.82, 2.24) is 29.3 Å². The van der Waals surface area contributed by atoms with E-state index in [2.05, 4.69) is 24.7 Å². The predicted octanol–water partition coefficient (Wildman–Crippen LogP) is 1.69. The molecule has 40 heavy (non-hydrogen) atoms. The van der Waals surface area contributed by atoms with Crippen molar-refractivity contribution in [3.05, 3.63) is 123 Å². The van der Waals surface area contributed by atoms with Crippen molar-refractivity contribution in [2.75, 3.05) is 0 Å². The smallest absolute Gasteiger partial charge is 1.00 e. The Balaban J connectivity index is 0.00000194. The monoisotopic (exact) mass is 562 g/mol. The van der Waals surface area contributed by atoms with Crippen LogP contribution < -0.4 is 62.7 Å². The number of hydrogen-bond acceptors (Lipinski definition) is 6. The van der Waals surface area contributed by atoms with Gasteiger partial charge in [0.15, 0.2) is 5.82 Å². The number of aromatic amines is 1. The van der Waals surface area contributed by atoms with Gasteiger partial charge in [0.25, 0.3) is 5.56 Å². The van der Waals surface area contributed by atoms with Crippen LogP contribution in [0.5, 0.6) is 0 Å². The molecule has 0 amide bonds. The van der Waals surface area contributed by atoms with Gasteiger partial charge in [-0.15, -0.1) is 0 Å². The van der Waals surface area contributed by atoms with Crippen LogP contribution in [0, 0.1) is 5.82 Å². The summed E-state index contributed by atoms with van der Waals surface area (Å²) in [6.45, 7) is 2.05. The fourth-order valence-corrected chi connectivity index (χ4v) is 4.84. The van der Waals surface area contributed by atoms with Gasteiger partial charge in [0.1, 0.15) is 12.1 Å². The van der Waals surface area contributed by atoms with E-state index in [1.807, 2.05) is 55.5 Å². The molecule has 0 aliphatic heterocycles. The SMILES string of the molecule is CCCc1c(Cc2ccc(-c3ccccc3-c3noc(=O)[nH]3)cc2)c(=O)n(-c2ccc(F)cc2)c2ncnn12.[H-].[K+]. The Morgan fingerprint density at radius 2 is 1.70 bits per heavy atom. The van der Waals surface area contributed by atoms with E-state index in [1.165, 1.54) is 23.0 Å². The molecule has 3 aromatic carbocycles. The van der Waals surface area contributed by atoms with Crippen molar-refractivity contribution in [2.45, 2.75) is 26.2 Å². The Kier molecular flexibility index (Phi) is 8.38. The minimum Gasteiger partial charge on any atom is -1.00 e. The number of rotatable bonds is 7. The Morgan fingerprint density at radius 1 is 0.975 bits per heavy atom. The summed E-state index contributed by atoms with van der Waals surface area (Å²) in [6.07, 6.45) is 3.27. The molecule has 0 unspecified atom stereocenters. The Hall–Kier alpha value is -3.48. The first kappa shape index (κ1) is 28.1. The van der Waals surface area contributed by atoms with Crippen LogP contribution in [0.2, 0.25) is 0 Å². The molecule has 3 aromatic heterocycles. The second-order valence-electron chi connectivity index (χ2n) is 9.13. The summed E-state index contributed by atoms with van der Waals surface area (Å²) in [5.41, 5.74) is 5.18. The molecule has 0 saturated heterocycles. The number of nitrogens with one attached hydrogen (secondary N) is 1. The minimum absolute atomic E-state index is 0. The van der Waals surface area contributed by atoms with Gasteiger partial charge in [0.2, 0.25) is 5.78 Å². The Bertz CT molecular complexity index is 1910. The molecule has 6 aromatic rings. The molecule has 0 spiro atoms. The molecule has 3 heterocycles. The van der Waals surface area contributed by atoms with E-state index in [0.717, 1.165) is 34.4 Å². The molecule has 0 saturated carbocycles. The molecule has 1 N–H and O–H groups in total. The number of hydrogen-bond donors (Lipinski definition) is 1. The summed E-state index contributed by atoms with van der Waals surface area (Å²) < 4.78 is 21.5. The molecule has 9 nitrogen and oxygen atoms in total. The summed E-state index contributed by atoms with van der Waals surface area (Å²) in [5, 5.41) is 8.24. The normalized spacial score (nSPS) is 11.1. The maximum absolute atomic E-state index is 13.9. The quantitative estimate of drug-likeness (QED) is 0.297. The first-order chi connectivity index (χ1) is 19.0. The van der Waals surface area contributed by atoms with Crippen molar-refractivity contribution < 1.29 is 61.7 Å². The topological polar surface area (TPSA) is 111 Å². The van der Waals surface area contributed by atoms with Gasteiger partial charge in [-0.25, -0.2) is 18.3 Å². The average Bonchev–Trinajstić information content (AvgIpc) is 3.61. The van der Waals surface area contributed by atoms with Crippen molar-refractivity contribution in [3.63, 3.8) is 0 Å². The zero-order chi connectivity index (χ0) is 26.9. The van der Waals surface area contributed by atoms with E-state index in [0.29, 0.717) is 35.7 Å². The van der Waals surface area contributed by atoms with Crippen LogP contribution in [0.3, 0.4) is 0 Å². The molecular formula is C29H24FKN6O3. The number of H-pyrrole nitrogens is 1. The van der Waals surface area contributed by atoms with Gasteiger partial charge < -0.3 is 1.43 Å². The summed E-state index contributed by atoms with van der Waals surface area (Å²) in [7, 11) is 0. The van der Waals surface area contributed by atoms with Gasteiger partial charge >= 0.3 is 57.1 Å². The van der Waals surface area contributed by atoms with Crippen LogP contribution in [-0.2, 0) is 12.8 Å². The maximum atomic E-state index is 13.9. The Labute approximate surface area is 271 Å². The van der Waals surface area contributed by atoms with Gasteiger partial charge in [-0.2, -0.15) is 10.1 Å². The van der Waals surface area contributed by atoms with E-state index >= 15 is 0 Å². The number of benzene rings is 3. The van der Waals surface area contributed by atoms with Crippen LogP contribution in [0.25, 0.3) is 34.0 Å². The van der Waals surface area contributed by atoms with Gasteiger partial charge in [-0.05, 0) is 47.4 Å². The number of aryl methyl sites for hydroxylation is 1. The van der Waals surface area contributed by atoms with E-state index in [9.17, 15) is 14.0 Å². The molecule has 196 valence electrons. The van der Waals surface area contributed by atoms with Crippen molar-refractivity contribution in [2.24, 2.45) is 0 Å². The van der Waals surface area contributed by atoms with Crippen LogP contribution in [0.4, 0.5) is 4.39 Å². The molecule has 0 fully saturated rings. The van der Waals surface area contributed by atoms with E-state index < -0.39 is 5.76 Å². The molecule has 0 aliphatic carbocycles. The second kappa shape index (κ2) is 11.9. The summed E-state index contributed by atoms with van der Waals surface area (Å²) in [5.74, 6) is -0.264. The first-order valence-electron chi connectivity index (χ1n) is 12.5. The van der Waals surface area contributed by atoms with Crippen LogP contribution in [0.1, 0.15) is 31.6 Å². The van der Waals surface area contributed by atoms with Gasteiger partial charge in [0, 0.05) is 17.5 Å². The minimum atomic E-state index is -0.617. The number of halogens is 1. The van der Waals surface area contributed by atoms with Gasteiger partial charge in [0.05, 0.1) is 11.4 Å². The standard InChI is InChI=1S/C29H23FN6O3.K.H/c1-2-5-25-24(27(37)35(28-31-17-32-36(25)28)21-14-12-20(30)13-15-21)16-18-8-10-19(11-9-18)22-6-3-4-7-23(22)26-33-29(38)39-34-26;;/h3-4,6-15,17H,2,5,16H2,1H3,(H,33,34,38);;/q;+1;-1.